The highest BCUT2D eigenvalue weighted by Crippen LogP contribution is 2.26. The first kappa shape index (κ1) is 19.9. The molecule has 6 heteroatoms. The van der Waals surface area contributed by atoms with Gasteiger partial charge in [-0.1, -0.05) is 18.2 Å². The molecule has 1 aromatic heterocycles. The Labute approximate surface area is 174 Å². The van der Waals surface area contributed by atoms with E-state index >= 15 is 0 Å². The SMILES string of the molecule is O=C(c1ccc(F)cc1)N1CCC(C(=O)N(Cc2ccco2)c2ccccc2)CC1. The van der Waals surface area contributed by atoms with Crippen LogP contribution in [0.15, 0.2) is 77.4 Å². The third-order valence-electron chi connectivity index (χ3n) is 5.45. The van der Waals surface area contributed by atoms with Crippen molar-refractivity contribution in [1.82, 2.24) is 4.90 Å². The van der Waals surface area contributed by atoms with Crippen molar-refractivity contribution in [3.05, 3.63) is 90.1 Å². The first-order valence-corrected chi connectivity index (χ1v) is 10.1. The first-order chi connectivity index (χ1) is 14.6. The minimum atomic E-state index is -0.367. The van der Waals surface area contributed by atoms with Crippen LogP contribution in [-0.4, -0.2) is 29.8 Å². The fraction of sp³-hybridized carbons (Fsp3) is 0.250. The van der Waals surface area contributed by atoms with E-state index in [9.17, 15) is 14.0 Å². The number of amides is 2. The Morgan fingerprint density at radius 1 is 0.967 bits per heavy atom. The Balaban J connectivity index is 1.43. The second-order valence-corrected chi connectivity index (χ2v) is 7.41. The molecule has 3 aromatic rings. The van der Waals surface area contributed by atoms with Crippen molar-refractivity contribution in [2.45, 2.75) is 19.4 Å². The van der Waals surface area contributed by atoms with Gasteiger partial charge in [-0.05, 0) is 61.4 Å². The van der Waals surface area contributed by atoms with Crippen LogP contribution in [-0.2, 0) is 11.3 Å². The van der Waals surface area contributed by atoms with Gasteiger partial charge >= 0.3 is 0 Å². The van der Waals surface area contributed by atoms with Gasteiger partial charge in [0.2, 0.25) is 5.91 Å². The molecule has 4 rings (SSSR count). The zero-order valence-corrected chi connectivity index (χ0v) is 16.5. The van der Waals surface area contributed by atoms with Gasteiger partial charge in [0.15, 0.2) is 0 Å². The summed E-state index contributed by atoms with van der Waals surface area (Å²) in [5.74, 6) is 0.0878. The zero-order valence-electron chi connectivity index (χ0n) is 16.5. The number of hydrogen-bond donors (Lipinski definition) is 0. The maximum absolute atomic E-state index is 13.3. The number of halogens is 1. The number of carbonyl (C=O) groups excluding carboxylic acids is 2. The highest BCUT2D eigenvalue weighted by atomic mass is 19.1. The lowest BCUT2D eigenvalue weighted by atomic mass is 9.94. The summed E-state index contributed by atoms with van der Waals surface area (Å²) >= 11 is 0. The number of rotatable bonds is 5. The van der Waals surface area contributed by atoms with E-state index in [0.29, 0.717) is 38.0 Å². The highest BCUT2D eigenvalue weighted by Gasteiger charge is 2.31. The van der Waals surface area contributed by atoms with Gasteiger partial charge in [0.05, 0.1) is 12.8 Å². The molecule has 154 valence electrons. The van der Waals surface area contributed by atoms with Crippen molar-refractivity contribution in [2.24, 2.45) is 5.92 Å². The molecule has 0 unspecified atom stereocenters. The number of hydrogen-bond acceptors (Lipinski definition) is 3. The monoisotopic (exact) mass is 406 g/mol. The summed E-state index contributed by atoms with van der Waals surface area (Å²) in [6.07, 6.45) is 2.78. The Morgan fingerprint density at radius 3 is 2.30 bits per heavy atom. The van der Waals surface area contributed by atoms with Crippen LogP contribution < -0.4 is 4.90 Å². The Hall–Kier alpha value is -3.41. The van der Waals surface area contributed by atoms with Crippen LogP contribution in [0.1, 0.15) is 29.0 Å². The van der Waals surface area contributed by atoms with Gasteiger partial charge in [-0.3, -0.25) is 9.59 Å². The van der Waals surface area contributed by atoms with Crippen molar-refractivity contribution in [3.8, 4) is 0 Å². The van der Waals surface area contributed by atoms with Crippen molar-refractivity contribution >= 4 is 17.5 Å². The number of para-hydroxylation sites is 1. The van der Waals surface area contributed by atoms with E-state index in [1.54, 1.807) is 16.1 Å². The number of anilines is 1. The second kappa shape index (κ2) is 8.95. The average molecular weight is 406 g/mol. The van der Waals surface area contributed by atoms with Crippen LogP contribution in [0.25, 0.3) is 0 Å². The molecule has 30 heavy (non-hydrogen) atoms. The van der Waals surface area contributed by atoms with Gasteiger partial charge < -0.3 is 14.2 Å². The third kappa shape index (κ3) is 4.43. The Morgan fingerprint density at radius 2 is 1.67 bits per heavy atom. The minimum absolute atomic E-state index is 0.0338. The fourth-order valence-electron chi connectivity index (χ4n) is 3.79. The average Bonchev–Trinajstić information content (AvgIpc) is 3.31. The van der Waals surface area contributed by atoms with Crippen molar-refractivity contribution in [3.63, 3.8) is 0 Å². The normalized spacial score (nSPS) is 14.5. The predicted molar refractivity (Wildman–Crippen MR) is 111 cm³/mol. The second-order valence-electron chi connectivity index (χ2n) is 7.41. The Kier molecular flexibility index (Phi) is 5.93. The molecule has 0 spiro atoms. The highest BCUT2D eigenvalue weighted by molar-refractivity contribution is 5.96. The first-order valence-electron chi connectivity index (χ1n) is 10.1. The van der Waals surface area contributed by atoms with Crippen molar-refractivity contribution in [2.75, 3.05) is 18.0 Å². The van der Waals surface area contributed by atoms with Gasteiger partial charge in [0, 0.05) is 30.3 Å². The molecule has 0 bridgehead atoms. The van der Waals surface area contributed by atoms with Crippen LogP contribution in [0.4, 0.5) is 10.1 Å². The quantitative estimate of drug-likeness (QED) is 0.627. The summed E-state index contributed by atoms with van der Waals surface area (Å²) in [5.41, 5.74) is 1.29. The topological polar surface area (TPSA) is 53.8 Å². The maximum atomic E-state index is 13.3. The van der Waals surface area contributed by atoms with Crippen LogP contribution >= 0.6 is 0 Å². The van der Waals surface area contributed by atoms with Gasteiger partial charge in [-0.15, -0.1) is 0 Å². The molecule has 0 radical (unpaired) electrons. The summed E-state index contributed by atoms with van der Waals surface area (Å²) in [7, 11) is 0. The number of benzene rings is 2. The van der Waals surface area contributed by atoms with Crippen LogP contribution in [0.5, 0.6) is 0 Å². The van der Waals surface area contributed by atoms with Gasteiger partial charge in [-0.25, -0.2) is 4.39 Å². The number of carbonyl (C=O) groups is 2. The molecule has 0 saturated carbocycles. The van der Waals surface area contributed by atoms with E-state index in [1.165, 1.54) is 24.3 Å². The minimum Gasteiger partial charge on any atom is -0.467 e. The van der Waals surface area contributed by atoms with Crippen LogP contribution in [0.3, 0.4) is 0 Å². The largest absolute Gasteiger partial charge is 0.467 e. The fourth-order valence-corrected chi connectivity index (χ4v) is 3.79. The number of furan rings is 1. The summed E-state index contributed by atoms with van der Waals surface area (Å²) in [4.78, 5) is 29.5. The molecule has 1 aliphatic heterocycles. The lowest BCUT2D eigenvalue weighted by Gasteiger charge is -2.34. The van der Waals surface area contributed by atoms with Crippen molar-refractivity contribution in [1.29, 1.82) is 0 Å². The lowest BCUT2D eigenvalue weighted by molar-refractivity contribution is -0.123. The summed E-state index contributed by atoms with van der Waals surface area (Å²) < 4.78 is 18.6. The number of likely N-dealkylation sites (tertiary alicyclic amines) is 1. The van der Waals surface area contributed by atoms with E-state index in [0.717, 1.165) is 11.4 Å². The predicted octanol–water partition coefficient (Wildman–Crippen LogP) is 4.50. The van der Waals surface area contributed by atoms with Crippen LogP contribution in [0, 0.1) is 11.7 Å². The molecule has 5 nitrogen and oxygen atoms in total. The molecule has 0 atom stereocenters. The van der Waals surface area contributed by atoms with E-state index in [-0.39, 0.29) is 23.5 Å². The molecule has 2 amide bonds. The summed E-state index contributed by atoms with van der Waals surface area (Å²) in [6.45, 7) is 1.36. The molecular formula is C24H23FN2O3. The number of nitrogens with zero attached hydrogens (tertiary/aromatic N) is 2. The third-order valence-corrected chi connectivity index (χ3v) is 5.45. The lowest BCUT2D eigenvalue weighted by Crippen LogP contribution is -2.44. The van der Waals surface area contributed by atoms with Crippen LogP contribution in [0.2, 0.25) is 0 Å². The Bertz CT molecular complexity index is 979. The van der Waals surface area contributed by atoms with E-state index in [2.05, 4.69) is 0 Å². The maximum Gasteiger partial charge on any atom is 0.253 e. The summed E-state index contributed by atoms with van der Waals surface area (Å²) in [6, 6.07) is 18.8. The van der Waals surface area contributed by atoms with Gasteiger partial charge in [0.1, 0.15) is 11.6 Å². The molecular weight excluding hydrogens is 383 g/mol. The molecule has 0 aliphatic carbocycles. The molecule has 1 aliphatic rings. The summed E-state index contributed by atoms with van der Waals surface area (Å²) in [5, 5.41) is 0. The van der Waals surface area contributed by atoms with E-state index < -0.39 is 0 Å². The van der Waals surface area contributed by atoms with E-state index in [4.69, 9.17) is 4.42 Å². The number of piperidine rings is 1. The molecule has 2 heterocycles. The van der Waals surface area contributed by atoms with Gasteiger partial charge in [-0.2, -0.15) is 0 Å². The molecule has 0 N–H and O–H groups in total. The standard InChI is InChI=1S/C24H23FN2O3/c25-20-10-8-18(9-11-20)23(28)26-14-12-19(13-15-26)24(29)27(17-22-7-4-16-30-22)21-5-2-1-3-6-21/h1-11,16,19H,12-15,17H2. The smallest absolute Gasteiger partial charge is 0.253 e. The molecule has 1 fully saturated rings. The molecule has 1 saturated heterocycles. The zero-order chi connectivity index (χ0) is 20.9. The van der Waals surface area contributed by atoms with E-state index in [1.807, 2.05) is 42.5 Å². The van der Waals surface area contributed by atoms with Crippen molar-refractivity contribution < 1.29 is 18.4 Å². The molecule has 2 aromatic carbocycles. The van der Waals surface area contributed by atoms with Gasteiger partial charge in [0.25, 0.3) is 5.91 Å².